The Morgan fingerprint density at radius 2 is 2.16 bits per heavy atom. The maximum atomic E-state index is 13.5. The van der Waals surface area contributed by atoms with Crippen molar-refractivity contribution in [1.29, 1.82) is 0 Å². The molecule has 1 aliphatic heterocycles. The largest absolute Gasteiger partial charge is 0.373 e. The molecule has 0 spiro atoms. The minimum atomic E-state index is -0.455. The molecule has 1 aromatic heterocycles. The van der Waals surface area contributed by atoms with Gasteiger partial charge in [-0.2, -0.15) is 11.8 Å². The van der Waals surface area contributed by atoms with Crippen LogP contribution in [0, 0.1) is 5.82 Å². The van der Waals surface area contributed by atoms with Crippen LogP contribution in [-0.2, 0) is 11.5 Å². The topological polar surface area (TPSA) is 37.8 Å². The lowest BCUT2D eigenvalue weighted by Gasteiger charge is -2.09. The van der Waals surface area contributed by atoms with Crippen LogP contribution in [0.15, 0.2) is 18.2 Å². The van der Waals surface area contributed by atoms with E-state index < -0.39 is 5.82 Å². The third-order valence-corrected chi connectivity index (χ3v) is 4.27. The van der Waals surface area contributed by atoms with E-state index in [4.69, 9.17) is 11.6 Å². The third kappa shape index (κ3) is 2.28. The Labute approximate surface area is 119 Å². The van der Waals surface area contributed by atoms with Crippen molar-refractivity contribution in [3.8, 4) is 11.4 Å². The monoisotopic (exact) mass is 295 g/mol. The predicted octanol–water partition coefficient (Wildman–Crippen LogP) is 3.72. The number of fused-ring (bicyclic) bond motifs is 1. The number of hydrogen-bond donors (Lipinski definition) is 1. The van der Waals surface area contributed by atoms with E-state index >= 15 is 0 Å². The first kappa shape index (κ1) is 12.7. The molecule has 0 fully saturated rings. The fourth-order valence-corrected chi connectivity index (χ4v) is 3.18. The van der Waals surface area contributed by atoms with Crippen molar-refractivity contribution in [3.05, 3.63) is 40.3 Å². The number of rotatable bonds is 2. The highest BCUT2D eigenvalue weighted by atomic mass is 35.5. The first-order valence-electron chi connectivity index (χ1n) is 5.79. The van der Waals surface area contributed by atoms with Gasteiger partial charge in [0, 0.05) is 29.7 Å². The third-order valence-electron chi connectivity index (χ3n) is 2.99. The second-order valence-corrected chi connectivity index (χ2v) is 5.59. The normalized spacial score (nSPS) is 13.4. The summed E-state index contributed by atoms with van der Waals surface area (Å²) in [5.74, 6) is 2.68. The summed E-state index contributed by atoms with van der Waals surface area (Å²) in [4.78, 5) is 8.98. The molecule has 3 nitrogen and oxygen atoms in total. The van der Waals surface area contributed by atoms with Crippen molar-refractivity contribution in [2.45, 2.75) is 11.5 Å². The zero-order valence-corrected chi connectivity index (χ0v) is 11.8. The summed E-state index contributed by atoms with van der Waals surface area (Å²) in [5, 5.41) is 3.19. The van der Waals surface area contributed by atoms with Crippen LogP contribution in [0.25, 0.3) is 11.4 Å². The molecule has 2 aromatic rings. The van der Waals surface area contributed by atoms with Gasteiger partial charge in [-0.25, -0.2) is 14.4 Å². The van der Waals surface area contributed by atoms with Crippen LogP contribution in [0.5, 0.6) is 0 Å². The summed E-state index contributed by atoms with van der Waals surface area (Å²) in [6, 6.07) is 4.62. The number of halogens is 2. The molecule has 19 heavy (non-hydrogen) atoms. The Kier molecular flexibility index (Phi) is 3.33. The molecule has 0 unspecified atom stereocenters. The lowest BCUT2D eigenvalue weighted by atomic mass is 10.2. The first-order valence-corrected chi connectivity index (χ1v) is 7.33. The first-order chi connectivity index (χ1) is 9.19. The van der Waals surface area contributed by atoms with Gasteiger partial charge in [0.15, 0.2) is 5.82 Å². The molecule has 98 valence electrons. The predicted molar refractivity (Wildman–Crippen MR) is 77.0 cm³/mol. The quantitative estimate of drug-likeness (QED) is 0.916. The molecular weight excluding hydrogens is 285 g/mol. The van der Waals surface area contributed by atoms with Gasteiger partial charge in [-0.05, 0) is 18.2 Å². The molecule has 3 rings (SSSR count). The average Bonchev–Trinajstić information content (AvgIpc) is 2.89. The van der Waals surface area contributed by atoms with E-state index in [9.17, 15) is 4.39 Å². The molecule has 2 heterocycles. The Bertz CT molecular complexity index is 648. The van der Waals surface area contributed by atoms with Crippen molar-refractivity contribution >= 4 is 29.2 Å². The van der Waals surface area contributed by atoms with Crippen LogP contribution in [0.4, 0.5) is 10.2 Å². The highest BCUT2D eigenvalue weighted by Crippen LogP contribution is 2.34. The van der Waals surface area contributed by atoms with Crippen LogP contribution >= 0.6 is 23.4 Å². The Morgan fingerprint density at radius 1 is 1.32 bits per heavy atom. The zero-order valence-electron chi connectivity index (χ0n) is 10.2. The highest BCUT2D eigenvalue weighted by Gasteiger charge is 2.19. The number of hydrogen-bond acceptors (Lipinski definition) is 4. The average molecular weight is 296 g/mol. The van der Waals surface area contributed by atoms with Crippen molar-refractivity contribution in [1.82, 2.24) is 9.97 Å². The van der Waals surface area contributed by atoms with Gasteiger partial charge < -0.3 is 5.32 Å². The van der Waals surface area contributed by atoms with E-state index in [1.807, 2.05) is 7.05 Å². The van der Waals surface area contributed by atoms with E-state index in [1.54, 1.807) is 17.8 Å². The number of benzene rings is 1. The van der Waals surface area contributed by atoms with Crippen molar-refractivity contribution in [2.75, 3.05) is 12.4 Å². The van der Waals surface area contributed by atoms with E-state index in [0.717, 1.165) is 28.6 Å². The lowest BCUT2D eigenvalue weighted by molar-refractivity contribution is 0.628. The molecule has 0 radical (unpaired) electrons. The minimum Gasteiger partial charge on any atom is -0.373 e. The molecule has 0 atom stereocenters. The van der Waals surface area contributed by atoms with Crippen LogP contribution in [0.2, 0.25) is 5.02 Å². The maximum absolute atomic E-state index is 13.5. The van der Waals surface area contributed by atoms with Gasteiger partial charge in [0.2, 0.25) is 0 Å². The van der Waals surface area contributed by atoms with Gasteiger partial charge in [-0.1, -0.05) is 11.6 Å². The molecule has 1 aromatic carbocycles. The van der Waals surface area contributed by atoms with E-state index in [0.29, 0.717) is 11.4 Å². The summed E-state index contributed by atoms with van der Waals surface area (Å²) < 4.78 is 13.5. The number of aromatic nitrogens is 2. The van der Waals surface area contributed by atoms with Crippen molar-refractivity contribution in [3.63, 3.8) is 0 Å². The molecular formula is C13H11ClFN3S. The van der Waals surface area contributed by atoms with Crippen molar-refractivity contribution in [2.24, 2.45) is 0 Å². The molecule has 0 saturated carbocycles. The molecule has 0 aliphatic carbocycles. The summed E-state index contributed by atoms with van der Waals surface area (Å²) in [6.45, 7) is 0. The van der Waals surface area contributed by atoms with Gasteiger partial charge in [-0.3, -0.25) is 0 Å². The van der Waals surface area contributed by atoms with Crippen LogP contribution in [-0.4, -0.2) is 17.0 Å². The van der Waals surface area contributed by atoms with Gasteiger partial charge >= 0.3 is 0 Å². The van der Waals surface area contributed by atoms with Crippen LogP contribution in [0.3, 0.4) is 0 Å². The summed E-state index contributed by atoms with van der Waals surface area (Å²) in [6.07, 6.45) is 0. The second-order valence-electron chi connectivity index (χ2n) is 4.19. The molecule has 6 heteroatoms. The van der Waals surface area contributed by atoms with Gasteiger partial charge in [0.1, 0.15) is 11.6 Å². The van der Waals surface area contributed by atoms with E-state index in [1.165, 1.54) is 12.1 Å². The second kappa shape index (κ2) is 4.98. The Balaban J connectivity index is 2.12. The molecule has 1 N–H and O–H groups in total. The van der Waals surface area contributed by atoms with Crippen LogP contribution in [0.1, 0.15) is 11.3 Å². The SMILES string of the molecule is CNc1nc(-c2ccc(Cl)c(F)c2)nc2c1CSC2. The van der Waals surface area contributed by atoms with Gasteiger partial charge in [-0.15, -0.1) is 0 Å². The van der Waals surface area contributed by atoms with Crippen LogP contribution < -0.4 is 5.32 Å². The number of thioether (sulfide) groups is 1. The minimum absolute atomic E-state index is 0.106. The number of anilines is 1. The Morgan fingerprint density at radius 3 is 2.89 bits per heavy atom. The van der Waals surface area contributed by atoms with Gasteiger partial charge in [0.25, 0.3) is 0 Å². The maximum Gasteiger partial charge on any atom is 0.161 e. The van der Waals surface area contributed by atoms with Gasteiger partial charge in [0.05, 0.1) is 10.7 Å². The molecule has 1 aliphatic rings. The summed E-state index contributed by atoms with van der Waals surface area (Å²) in [5.41, 5.74) is 2.80. The Hall–Kier alpha value is -1.33. The van der Waals surface area contributed by atoms with E-state index in [2.05, 4.69) is 15.3 Å². The highest BCUT2D eigenvalue weighted by molar-refractivity contribution is 7.98. The van der Waals surface area contributed by atoms with E-state index in [-0.39, 0.29) is 5.02 Å². The molecule has 0 amide bonds. The molecule has 0 bridgehead atoms. The molecule has 0 saturated heterocycles. The summed E-state index contributed by atoms with van der Waals surface area (Å²) >= 11 is 7.49. The smallest absolute Gasteiger partial charge is 0.161 e. The number of nitrogens with zero attached hydrogens (tertiary/aromatic N) is 2. The number of nitrogens with one attached hydrogen (secondary N) is 1. The standard InChI is InChI=1S/C13H11ClFN3S/c1-16-13-8-5-19-6-11(8)17-12(18-13)7-2-3-9(14)10(15)4-7/h2-4H,5-6H2,1H3,(H,16,17,18). The van der Waals surface area contributed by atoms with Crippen molar-refractivity contribution < 1.29 is 4.39 Å². The fourth-order valence-electron chi connectivity index (χ4n) is 2.02. The summed E-state index contributed by atoms with van der Waals surface area (Å²) in [7, 11) is 1.83. The fraction of sp³-hybridized carbons (Fsp3) is 0.231. The zero-order chi connectivity index (χ0) is 13.4. The lowest BCUT2D eigenvalue weighted by Crippen LogP contribution is -2.03.